The molecule has 0 aliphatic heterocycles. The molecule has 0 bridgehead atoms. The zero-order chi connectivity index (χ0) is 10.8. The van der Waals surface area contributed by atoms with Crippen LogP contribution in [0.25, 0.3) is 11.3 Å². The third-order valence-corrected chi connectivity index (χ3v) is 2.91. The van der Waals surface area contributed by atoms with Crippen LogP contribution in [0.3, 0.4) is 0 Å². The van der Waals surface area contributed by atoms with Gasteiger partial charge >= 0.3 is 0 Å². The van der Waals surface area contributed by atoms with Gasteiger partial charge in [-0.15, -0.1) is 0 Å². The highest BCUT2D eigenvalue weighted by Crippen LogP contribution is 2.30. The lowest BCUT2D eigenvalue weighted by atomic mass is 10.1. The lowest BCUT2D eigenvalue weighted by Crippen LogP contribution is -1.92. The van der Waals surface area contributed by atoms with Gasteiger partial charge in [-0.3, -0.25) is 0 Å². The average molecular weight is 266 g/mol. The van der Waals surface area contributed by atoms with Crippen molar-refractivity contribution in [3.8, 4) is 11.3 Å². The Hall–Kier alpha value is -1.06. The van der Waals surface area contributed by atoms with Crippen molar-refractivity contribution < 1.29 is 4.42 Å². The van der Waals surface area contributed by atoms with Crippen molar-refractivity contribution in [1.29, 1.82) is 0 Å². The van der Waals surface area contributed by atoms with Crippen molar-refractivity contribution in [1.82, 2.24) is 0 Å². The van der Waals surface area contributed by atoms with E-state index in [2.05, 4.69) is 35.0 Å². The Kier molecular flexibility index (Phi) is 2.93. The largest absolute Gasteiger partial charge is 0.460 e. The number of aryl methyl sites for hydroxylation is 1. The lowest BCUT2D eigenvalue weighted by molar-refractivity contribution is 0.525. The van der Waals surface area contributed by atoms with Gasteiger partial charge in [-0.05, 0) is 36.8 Å². The SMILES string of the molecule is Cc1ccc(-c2ccc(CN)o2)c(Br)c1. The minimum absolute atomic E-state index is 0.434. The van der Waals surface area contributed by atoms with Gasteiger partial charge in [0.05, 0.1) is 6.54 Å². The lowest BCUT2D eigenvalue weighted by Gasteiger charge is -2.02. The first-order valence-corrected chi connectivity index (χ1v) is 5.55. The van der Waals surface area contributed by atoms with Gasteiger partial charge in [0.25, 0.3) is 0 Å². The quantitative estimate of drug-likeness (QED) is 0.903. The minimum atomic E-state index is 0.434. The maximum absolute atomic E-state index is 5.58. The summed E-state index contributed by atoms with van der Waals surface area (Å²) in [6.07, 6.45) is 0. The van der Waals surface area contributed by atoms with Gasteiger partial charge in [-0.2, -0.15) is 0 Å². The summed E-state index contributed by atoms with van der Waals surface area (Å²) in [5.41, 5.74) is 7.77. The van der Waals surface area contributed by atoms with Gasteiger partial charge in [0.15, 0.2) is 0 Å². The van der Waals surface area contributed by atoms with Gasteiger partial charge in [-0.25, -0.2) is 0 Å². The molecule has 2 nitrogen and oxygen atoms in total. The number of hydrogen-bond donors (Lipinski definition) is 1. The number of hydrogen-bond acceptors (Lipinski definition) is 2. The highest BCUT2D eigenvalue weighted by Gasteiger charge is 2.07. The van der Waals surface area contributed by atoms with E-state index in [0.29, 0.717) is 6.54 Å². The van der Waals surface area contributed by atoms with Gasteiger partial charge in [0.2, 0.25) is 0 Å². The van der Waals surface area contributed by atoms with Gasteiger partial charge in [0.1, 0.15) is 11.5 Å². The van der Waals surface area contributed by atoms with Crippen LogP contribution in [-0.4, -0.2) is 0 Å². The number of halogens is 1. The molecule has 0 aliphatic carbocycles. The Balaban J connectivity index is 2.44. The zero-order valence-electron chi connectivity index (χ0n) is 8.46. The van der Waals surface area contributed by atoms with E-state index in [-0.39, 0.29) is 0 Å². The first-order chi connectivity index (χ1) is 7.20. The molecule has 0 amide bonds. The third kappa shape index (κ3) is 2.13. The van der Waals surface area contributed by atoms with Crippen LogP contribution in [0.1, 0.15) is 11.3 Å². The van der Waals surface area contributed by atoms with E-state index in [1.807, 2.05) is 18.2 Å². The highest BCUT2D eigenvalue weighted by molar-refractivity contribution is 9.10. The van der Waals surface area contributed by atoms with Crippen LogP contribution in [0.4, 0.5) is 0 Å². The Morgan fingerprint density at radius 2 is 2.07 bits per heavy atom. The predicted molar refractivity (Wildman–Crippen MR) is 64.5 cm³/mol. The van der Waals surface area contributed by atoms with Crippen LogP contribution in [0, 0.1) is 6.92 Å². The molecule has 0 atom stereocenters. The molecule has 3 heteroatoms. The molecule has 0 unspecified atom stereocenters. The topological polar surface area (TPSA) is 39.2 Å². The van der Waals surface area contributed by atoms with Crippen molar-refractivity contribution in [2.75, 3.05) is 0 Å². The fraction of sp³-hybridized carbons (Fsp3) is 0.167. The summed E-state index contributed by atoms with van der Waals surface area (Å²) in [4.78, 5) is 0. The molecule has 1 aromatic carbocycles. The fourth-order valence-corrected chi connectivity index (χ4v) is 2.14. The molecule has 1 heterocycles. The summed E-state index contributed by atoms with van der Waals surface area (Å²) in [6.45, 7) is 2.49. The van der Waals surface area contributed by atoms with Crippen LogP contribution in [0.15, 0.2) is 39.2 Å². The molecule has 1 aromatic heterocycles. The molecule has 0 saturated carbocycles. The van der Waals surface area contributed by atoms with Gasteiger partial charge in [-0.1, -0.05) is 22.0 Å². The summed E-state index contributed by atoms with van der Waals surface area (Å²) in [6, 6.07) is 10.0. The molecule has 2 N–H and O–H groups in total. The smallest absolute Gasteiger partial charge is 0.135 e. The molecule has 0 fully saturated rings. The van der Waals surface area contributed by atoms with E-state index in [1.165, 1.54) is 5.56 Å². The first kappa shape index (κ1) is 10.5. The Bertz CT molecular complexity index is 476. The predicted octanol–water partition coefficient (Wildman–Crippen LogP) is 3.48. The second kappa shape index (κ2) is 4.21. The van der Waals surface area contributed by atoms with Crippen molar-refractivity contribution in [3.63, 3.8) is 0 Å². The maximum atomic E-state index is 5.58. The maximum Gasteiger partial charge on any atom is 0.135 e. The zero-order valence-corrected chi connectivity index (χ0v) is 10.0. The van der Waals surface area contributed by atoms with Crippen LogP contribution >= 0.6 is 15.9 Å². The summed E-state index contributed by atoms with van der Waals surface area (Å²) in [5, 5.41) is 0. The van der Waals surface area contributed by atoms with E-state index in [1.54, 1.807) is 0 Å². The first-order valence-electron chi connectivity index (χ1n) is 4.76. The molecular formula is C12H12BrNO. The molecule has 15 heavy (non-hydrogen) atoms. The standard InChI is InChI=1S/C12H12BrNO/c1-8-2-4-10(11(13)6-8)12-5-3-9(7-14)15-12/h2-6H,7,14H2,1H3. The molecule has 0 aliphatic rings. The molecule has 0 saturated heterocycles. The number of nitrogens with two attached hydrogens (primary N) is 1. The van der Waals surface area contributed by atoms with Crippen molar-refractivity contribution >= 4 is 15.9 Å². The molecular weight excluding hydrogens is 254 g/mol. The van der Waals surface area contributed by atoms with Gasteiger partial charge in [0, 0.05) is 10.0 Å². The van der Waals surface area contributed by atoms with Crippen LogP contribution in [0.5, 0.6) is 0 Å². The third-order valence-electron chi connectivity index (χ3n) is 2.25. The van der Waals surface area contributed by atoms with Crippen LogP contribution in [0.2, 0.25) is 0 Å². The molecule has 2 rings (SSSR count). The second-order valence-electron chi connectivity index (χ2n) is 3.45. The molecule has 0 spiro atoms. The number of furan rings is 1. The highest BCUT2D eigenvalue weighted by atomic mass is 79.9. The Morgan fingerprint density at radius 1 is 1.27 bits per heavy atom. The van der Waals surface area contributed by atoms with Crippen LogP contribution in [-0.2, 0) is 6.54 Å². The van der Waals surface area contributed by atoms with E-state index in [4.69, 9.17) is 10.2 Å². The fourth-order valence-electron chi connectivity index (χ4n) is 1.45. The second-order valence-corrected chi connectivity index (χ2v) is 4.31. The summed E-state index contributed by atoms with van der Waals surface area (Å²) in [5.74, 6) is 1.65. The molecule has 78 valence electrons. The molecule has 0 radical (unpaired) electrons. The normalized spacial score (nSPS) is 10.6. The van der Waals surface area contributed by atoms with E-state index < -0.39 is 0 Å². The van der Waals surface area contributed by atoms with Crippen molar-refractivity contribution in [2.24, 2.45) is 5.73 Å². The Morgan fingerprint density at radius 3 is 2.67 bits per heavy atom. The van der Waals surface area contributed by atoms with E-state index in [0.717, 1.165) is 21.6 Å². The summed E-state index contributed by atoms with van der Waals surface area (Å²) < 4.78 is 6.63. The summed E-state index contributed by atoms with van der Waals surface area (Å²) in [7, 11) is 0. The van der Waals surface area contributed by atoms with Crippen molar-refractivity contribution in [2.45, 2.75) is 13.5 Å². The van der Waals surface area contributed by atoms with E-state index in [9.17, 15) is 0 Å². The number of rotatable bonds is 2. The Labute approximate surface area is 97.2 Å². The molecule has 2 aromatic rings. The van der Waals surface area contributed by atoms with Crippen molar-refractivity contribution in [3.05, 3.63) is 46.1 Å². The number of benzene rings is 1. The average Bonchev–Trinajstić information content (AvgIpc) is 2.66. The monoisotopic (exact) mass is 265 g/mol. The van der Waals surface area contributed by atoms with E-state index >= 15 is 0 Å². The van der Waals surface area contributed by atoms with Crippen LogP contribution < -0.4 is 5.73 Å². The summed E-state index contributed by atoms with van der Waals surface area (Å²) >= 11 is 3.52. The minimum Gasteiger partial charge on any atom is -0.460 e. The van der Waals surface area contributed by atoms with Gasteiger partial charge < -0.3 is 10.2 Å².